The molecule has 0 spiro atoms. The van der Waals surface area contributed by atoms with Crippen molar-refractivity contribution in [1.29, 1.82) is 0 Å². The van der Waals surface area contributed by atoms with Crippen LogP contribution in [0.4, 0.5) is 4.79 Å². The molecule has 3 aliphatic rings. The number of rotatable bonds is 8. The number of nitrogens with zero attached hydrogens (tertiary/aromatic N) is 3. The summed E-state index contributed by atoms with van der Waals surface area (Å²) in [6.45, 7) is 7.50. The van der Waals surface area contributed by atoms with E-state index in [1.165, 1.54) is 34.3 Å². The number of hydrogen-bond acceptors (Lipinski definition) is 8. The molecule has 1 aromatic heterocycles. The number of β-lactam (4-membered cyclic amide) rings is 1. The maximum atomic E-state index is 12.7. The Kier molecular flexibility index (Phi) is 7.15. The van der Waals surface area contributed by atoms with E-state index in [4.69, 9.17) is 4.74 Å². The summed E-state index contributed by atoms with van der Waals surface area (Å²) in [7, 11) is 0. The summed E-state index contributed by atoms with van der Waals surface area (Å²) in [5.74, 6) is -2.34. The summed E-state index contributed by atoms with van der Waals surface area (Å²) in [6, 6.07) is 1.29. The number of carboxylic acid groups (broad SMARTS) is 1. The Morgan fingerprint density at radius 3 is 2.85 bits per heavy atom. The lowest BCUT2D eigenvalue weighted by Gasteiger charge is -2.46. The van der Waals surface area contributed by atoms with Gasteiger partial charge in [-0.25, -0.2) is 14.0 Å². The van der Waals surface area contributed by atoms with Gasteiger partial charge >= 0.3 is 12.1 Å². The lowest BCUT2D eigenvalue weighted by Crippen LogP contribution is -2.63. The maximum absolute atomic E-state index is 12.7. The van der Waals surface area contributed by atoms with Crippen molar-refractivity contribution in [2.75, 3.05) is 13.2 Å². The Morgan fingerprint density at radius 2 is 2.24 bits per heavy atom. The van der Waals surface area contributed by atoms with E-state index in [0.29, 0.717) is 17.9 Å². The van der Waals surface area contributed by atoms with E-state index in [1.807, 2.05) is 25.1 Å². The predicted octanol–water partition coefficient (Wildman–Crippen LogP) is 2.81. The summed E-state index contributed by atoms with van der Waals surface area (Å²) in [5.41, 5.74) is -0.00571. The summed E-state index contributed by atoms with van der Waals surface area (Å²) in [6.07, 6.45) is 6.37. The highest BCUT2D eigenvalue weighted by Crippen LogP contribution is 2.52. The van der Waals surface area contributed by atoms with Gasteiger partial charge in [-0.2, -0.15) is 0 Å². The fourth-order valence-electron chi connectivity index (χ4n) is 4.89. The fourth-order valence-corrected chi connectivity index (χ4v) is 6.94. The second-order valence-electron chi connectivity index (χ2n) is 8.61. The highest BCUT2D eigenvalue weighted by Gasteiger charge is 2.60. The first kappa shape index (κ1) is 24.5. The highest BCUT2D eigenvalue weighted by molar-refractivity contribution is 8.03. The van der Waals surface area contributed by atoms with Gasteiger partial charge in [-0.05, 0) is 37.0 Å². The van der Waals surface area contributed by atoms with Crippen LogP contribution in [0.5, 0.6) is 0 Å². The van der Waals surface area contributed by atoms with Crippen LogP contribution < -0.4 is 0 Å². The standard InChI is InChI=1S/C23H27N3O6S2/c1-4-9-32-23(31)25-11-16(10-14(25)5-6-15-7-8-24-34-15)33-20-12(2)18-17(13(3)27)21(28)26(18)19(20)22(29)30/h4-8,12-14,16-18,27H,1,9-11H2,2-3H3,(H,29,30)/b6-5+/t12-,13-,14-,16+,17-,18-/m1/s1. The third-order valence-corrected chi connectivity index (χ3v) is 8.61. The minimum atomic E-state index is -1.16. The Morgan fingerprint density at radius 1 is 1.47 bits per heavy atom. The first-order chi connectivity index (χ1) is 16.2. The van der Waals surface area contributed by atoms with Gasteiger partial charge in [0.25, 0.3) is 0 Å². The van der Waals surface area contributed by atoms with E-state index in [9.17, 15) is 24.6 Å². The number of thioether (sulfide) groups is 1. The number of aliphatic hydroxyl groups is 1. The second kappa shape index (κ2) is 9.93. The van der Waals surface area contributed by atoms with Crippen molar-refractivity contribution in [3.05, 3.63) is 46.5 Å². The van der Waals surface area contributed by atoms with Crippen LogP contribution in [0.2, 0.25) is 0 Å². The monoisotopic (exact) mass is 505 g/mol. The molecular formula is C23H27N3O6S2. The molecule has 0 bridgehead atoms. The molecule has 2 fully saturated rings. The van der Waals surface area contributed by atoms with Gasteiger partial charge in [-0.3, -0.25) is 4.79 Å². The molecule has 0 aliphatic carbocycles. The number of aliphatic carboxylic acids is 1. The molecule has 4 heterocycles. The molecule has 182 valence electrons. The molecular weight excluding hydrogens is 478 g/mol. The van der Waals surface area contributed by atoms with Crippen LogP contribution >= 0.6 is 23.3 Å². The quantitative estimate of drug-likeness (QED) is 0.409. The molecule has 2 amide bonds. The minimum Gasteiger partial charge on any atom is -0.477 e. The molecule has 34 heavy (non-hydrogen) atoms. The number of carboxylic acids is 1. The number of amides is 2. The predicted molar refractivity (Wildman–Crippen MR) is 129 cm³/mol. The first-order valence-corrected chi connectivity index (χ1v) is 12.7. The number of carbonyl (C=O) groups is 3. The zero-order chi connectivity index (χ0) is 24.6. The van der Waals surface area contributed by atoms with Crippen LogP contribution in [-0.4, -0.2) is 78.9 Å². The molecule has 2 saturated heterocycles. The van der Waals surface area contributed by atoms with E-state index in [0.717, 1.165) is 4.88 Å². The van der Waals surface area contributed by atoms with E-state index >= 15 is 0 Å². The molecule has 0 unspecified atom stereocenters. The molecule has 1 aromatic rings. The maximum Gasteiger partial charge on any atom is 0.410 e. The molecule has 9 nitrogen and oxygen atoms in total. The average molecular weight is 506 g/mol. The molecule has 0 radical (unpaired) electrons. The van der Waals surface area contributed by atoms with Crippen LogP contribution in [-0.2, 0) is 14.3 Å². The minimum absolute atomic E-state index is 0.00571. The van der Waals surface area contributed by atoms with E-state index < -0.39 is 24.1 Å². The van der Waals surface area contributed by atoms with Gasteiger partial charge in [0, 0.05) is 33.7 Å². The van der Waals surface area contributed by atoms with Gasteiger partial charge in [-0.1, -0.05) is 25.7 Å². The molecule has 6 atom stereocenters. The number of ether oxygens (including phenoxy) is 1. The molecule has 2 N–H and O–H groups in total. The van der Waals surface area contributed by atoms with Crippen molar-refractivity contribution in [2.45, 2.75) is 43.7 Å². The van der Waals surface area contributed by atoms with Crippen molar-refractivity contribution in [2.24, 2.45) is 11.8 Å². The van der Waals surface area contributed by atoms with Crippen molar-refractivity contribution in [3.63, 3.8) is 0 Å². The van der Waals surface area contributed by atoms with Crippen LogP contribution in [0.15, 0.2) is 41.6 Å². The Bertz CT molecular complexity index is 1040. The lowest BCUT2D eigenvalue weighted by atomic mass is 9.79. The van der Waals surface area contributed by atoms with Crippen molar-refractivity contribution < 1.29 is 29.3 Å². The zero-order valence-electron chi connectivity index (χ0n) is 18.9. The largest absolute Gasteiger partial charge is 0.477 e. The van der Waals surface area contributed by atoms with Gasteiger partial charge in [-0.15, -0.1) is 11.8 Å². The number of carbonyl (C=O) groups excluding carboxylic acids is 2. The molecule has 3 aliphatic heterocycles. The van der Waals surface area contributed by atoms with Crippen molar-refractivity contribution in [1.82, 2.24) is 14.2 Å². The SMILES string of the molecule is C=CCOC(=O)N1C[C@@H](SC2=C(C(=O)O)N3C(=O)[C@H]([C@@H](C)O)[C@H]3[C@H]2C)C[C@H]1/C=C/c1ccns1. The topological polar surface area (TPSA) is 120 Å². The molecule has 0 aromatic carbocycles. The lowest BCUT2D eigenvalue weighted by molar-refractivity contribution is -0.163. The van der Waals surface area contributed by atoms with Crippen molar-refractivity contribution >= 4 is 47.3 Å². The second-order valence-corrected chi connectivity index (χ2v) is 10.8. The van der Waals surface area contributed by atoms with E-state index in [-0.39, 0.29) is 41.5 Å². The number of aromatic nitrogens is 1. The zero-order valence-corrected chi connectivity index (χ0v) is 20.5. The van der Waals surface area contributed by atoms with Gasteiger partial charge in [0.1, 0.15) is 12.3 Å². The summed E-state index contributed by atoms with van der Waals surface area (Å²) in [5, 5.41) is 19.8. The normalized spacial score (nSPS) is 29.4. The van der Waals surface area contributed by atoms with Gasteiger partial charge in [0.05, 0.1) is 24.1 Å². The Hall–Kier alpha value is -2.63. The first-order valence-electron chi connectivity index (χ1n) is 11.0. The molecule has 4 rings (SSSR count). The van der Waals surface area contributed by atoms with Gasteiger partial charge in [0.2, 0.25) is 5.91 Å². The molecule has 11 heteroatoms. The summed E-state index contributed by atoms with van der Waals surface area (Å²) in [4.78, 5) is 41.9. The summed E-state index contributed by atoms with van der Waals surface area (Å²) >= 11 is 2.75. The molecule has 0 saturated carbocycles. The number of hydrogen-bond donors (Lipinski definition) is 2. The average Bonchev–Trinajstić information content (AvgIpc) is 3.49. The van der Waals surface area contributed by atoms with Crippen molar-refractivity contribution in [3.8, 4) is 0 Å². The Labute approximate surface area is 205 Å². The Balaban J connectivity index is 1.55. The number of aliphatic hydroxyl groups excluding tert-OH is 1. The van der Waals surface area contributed by atoms with Crippen LogP contribution in [0, 0.1) is 11.8 Å². The third kappa shape index (κ3) is 4.39. The van der Waals surface area contributed by atoms with E-state index in [2.05, 4.69) is 11.0 Å². The third-order valence-electron chi connectivity index (χ3n) is 6.41. The highest BCUT2D eigenvalue weighted by atomic mass is 32.2. The van der Waals surface area contributed by atoms with Crippen LogP contribution in [0.3, 0.4) is 0 Å². The van der Waals surface area contributed by atoms with E-state index in [1.54, 1.807) is 18.0 Å². The number of likely N-dealkylation sites (tertiary alicyclic amines) is 1. The fraction of sp³-hybridized carbons (Fsp3) is 0.478. The number of fused-ring (bicyclic) bond motifs is 1. The van der Waals surface area contributed by atoms with Gasteiger partial charge in [0.15, 0.2) is 0 Å². The smallest absolute Gasteiger partial charge is 0.410 e. The summed E-state index contributed by atoms with van der Waals surface area (Å²) < 4.78 is 9.35. The van der Waals surface area contributed by atoms with Crippen LogP contribution in [0.1, 0.15) is 25.1 Å². The van der Waals surface area contributed by atoms with Gasteiger partial charge < -0.3 is 24.7 Å². The van der Waals surface area contributed by atoms with Crippen LogP contribution in [0.25, 0.3) is 6.08 Å².